The molecule has 98 valence electrons. The average Bonchev–Trinajstić information content (AvgIpc) is 2.49. The van der Waals surface area contributed by atoms with E-state index in [9.17, 15) is 0 Å². The first-order valence-electron chi connectivity index (χ1n) is 5.71. The van der Waals surface area contributed by atoms with E-state index in [1.807, 2.05) is 27.8 Å². The zero-order chi connectivity index (χ0) is 13.0. The fourth-order valence-corrected chi connectivity index (χ4v) is 1.88. The van der Waals surface area contributed by atoms with Gasteiger partial charge in [-0.3, -0.25) is 16.0 Å². The third kappa shape index (κ3) is 3.96. The summed E-state index contributed by atoms with van der Waals surface area (Å²) in [4.78, 5) is 0. The smallest absolute Gasteiger partial charge is 0.130 e. The van der Waals surface area contributed by atoms with Gasteiger partial charge in [-0.15, -0.1) is 0 Å². The number of nitrogens with two attached hydrogens (primary N) is 1. The van der Waals surface area contributed by atoms with Crippen LogP contribution in [0.25, 0.3) is 0 Å². The van der Waals surface area contributed by atoms with Crippen molar-refractivity contribution in [2.75, 3.05) is 6.61 Å². The minimum absolute atomic E-state index is 0.0396. The van der Waals surface area contributed by atoms with Crippen LogP contribution in [0.3, 0.4) is 0 Å². The molecule has 0 aliphatic rings. The van der Waals surface area contributed by atoms with Gasteiger partial charge in [0, 0.05) is 18.7 Å². The van der Waals surface area contributed by atoms with E-state index in [1.54, 1.807) is 4.68 Å². The molecule has 0 saturated heterocycles. The summed E-state index contributed by atoms with van der Waals surface area (Å²) in [6.45, 7) is 6.49. The van der Waals surface area contributed by atoms with Gasteiger partial charge in [0.1, 0.15) is 5.15 Å². The Morgan fingerprint density at radius 1 is 1.53 bits per heavy atom. The molecule has 1 aromatic rings. The highest BCUT2D eigenvalue weighted by molar-refractivity contribution is 6.30. The number of rotatable bonds is 6. The average molecular weight is 261 g/mol. The van der Waals surface area contributed by atoms with E-state index in [2.05, 4.69) is 10.5 Å². The van der Waals surface area contributed by atoms with Crippen molar-refractivity contribution >= 4 is 11.6 Å². The number of aryl methyl sites for hydroxylation is 2. The van der Waals surface area contributed by atoms with Crippen LogP contribution in [-0.2, 0) is 18.2 Å². The van der Waals surface area contributed by atoms with Crippen LogP contribution in [0.15, 0.2) is 0 Å². The molecule has 0 radical (unpaired) electrons. The SMILES string of the molecule is Cc1nn(C)c(Cl)c1CC(COC(C)C)NN. The molecule has 3 N–H and O–H groups in total. The summed E-state index contributed by atoms with van der Waals surface area (Å²) in [5.74, 6) is 5.51. The summed E-state index contributed by atoms with van der Waals surface area (Å²) >= 11 is 6.17. The van der Waals surface area contributed by atoms with E-state index >= 15 is 0 Å². The quantitative estimate of drug-likeness (QED) is 0.596. The molecule has 0 spiro atoms. The lowest BCUT2D eigenvalue weighted by Crippen LogP contribution is -2.41. The van der Waals surface area contributed by atoms with Crippen molar-refractivity contribution in [1.29, 1.82) is 0 Å². The fourth-order valence-electron chi connectivity index (χ4n) is 1.63. The summed E-state index contributed by atoms with van der Waals surface area (Å²) in [6.07, 6.45) is 0.901. The molecule has 0 aliphatic heterocycles. The van der Waals surface area contributed by atoms with Gasteiger partial charge in [0.2, 0.25) is 0 Å². The second-order valence-electron chi connectivity index (χ2n) is 4.43. The van der Waals surface area contributed by atoms with E-state index in [1.165, 1.54) is 0 Å². The minimum atomic E-state index is 0.0396. The Morgan fingerprint density at radius 2 is 2.18 bits per heavy atom. The number of nitrogens with one attached hydrogen (secondary N) is 1. The molecule has 0 fully saturated rings. The summed E-state index contributed by atoms with van der Waals surface area (Å²) in [7, 11) is 1.83. The number of aromatic nitrogens is 2. The first-order valence-corrected chi connectivity index (χ1v) is 6.09. The Kier molecular flexibility index (Phi) is 5.39. The van der Waals surface area contributed by atoms with Crippen LogP contribution < -0.4 is 11.3 Å². The number of hydrogen-bond donors (Lipinski definition) is 2. The van der Waals surface area contributed by atoms with E-state index < -0.39 is 0 Å². The standard InChI is InChI=1S/C11H21ClN4O/c1-7(2)17-6-9(14-13)5-10-8(3)15-16(4)11(10)12/h7,9,14H,5-6,13H2,1-4H3. The number of nitrogens with zero attached hydrogens (tertiary/aromatic N) is 2. The van der Waals surface area contributed by atoms with Gasteiger partial charge in [-0.2, -0.15) is 5.10 Å². The molecule has 0 bridgehead atoms. The van der Waals surface area contributed by atoms with Crippen LogP contribution in [0, 0.1) is 6.92 Å². The Hall–Kier alpha value is -0.620. The summed E-state index contributed by atoms with van der Waals surface area (Å²) in [5.41, 5.74) is 4.70. The normalized spacial score (nSPS) is 13.4. The van der Waals surface area contributed by atoms with Gasteiger partial charge in [-0.05, 0) is 27.2 Å². The molecule has 1 atom stereocenters. The topological polar surface area (TPSA) is 65.1 Å². The summed E-state index contributed by atoms with van der Waals surface area (Å²) in [6, 6.07) is 0.0396. The van der Waals surface area contributed by atoms with E-state index in [0.29, 0.717) is 18.2 Å². The van der Waals surface area contributed by atoms with Crippen LogP contribution in [0.5, 0.6) is 0 Å². The maximum atomic E-state index is 6.17. The Balaban J connectivity index is 2.67. The number of hydrogen-bond acceptors (Lipinski definition) is 4. The fraction of sp³-hybridized carbons (Fsp3) is 0.727. The molecule has 0 aliphatic carbocycles. The van der Waals surface area contributed by atoms with Crippen LogP contribution >= 0.6 is 11.6 Å². The zero-order valence-electron chi connectivity index (χ0n) is 10.8. The lowest BCUT2D eigenvalue weighted by Gasteiger charge is -2.17. The van der Waals surface area contributed by atoms with Gasteiger partial charge in [-0.25, -0.2) is 0 Å². The molecular weight excluding hydrogens is 240 g/mol. The van der Waals surface area contributed by atoms with Crippen molar-refractivity contribution in [3.63, 3.8) is 0 Å². The first kappa shape index (κ1) is 14.4. The Labute approximate surface area is 107 Å². The third-order valence-corrected chi connectivity index (χ3v) is 3.06. The highest BCUT2D eigenvalue weighted by Crippen LogP contribution is 2.20. The molecule has 0 aromatic carbocycles. The largest absolute Gasteiger partial charge is 0.377 e. The van der Waals surface area contributed by atoms with Crippen molar-refractivity contribution in [3.8, 4) is 0 Å². The lowest BCUT2D eigenvalue weighted by molar-refractivity contribution is 0.0613. The van der Waals surface area contributed by atoms with E-state index in [4.69, 9.17) is 22.2 Å². The minimum Gasteiger partial charge on any atom is -0.377 e. The lowest BCUT2D eigenvalue weighted by atomic mass is 10.1. The van der Waals surface area contributed by atoms with Crippen LogP contribution in [0.1, 0.15) is 25.1 Å². The predicted molar refractivity (Wildman–Crippen MR) is 68.9 cm³/mol. The molecule has 1 aromatic heterocycles. The molecule has 1 unspecified atom stereocenters. The summed E-state index contributed by atoms with van der Waals surface area (Å²) < 4.78 is 7.21. The van der Waals surface area contributed by atoms with Gasteiger partial charge < -0.3 is 4.74 Å². The van der Waals surface area contributed by atoms with Crippen molar-refractivity contribution in [1.82, 2.24) is 15.2 Å². The highest BCUT2D eigenvalue weighted by Gasteiger charge is 2.16. The van der Waals surface area contributed by atoms with E-state index in [-0.39, 0.29) is 12.1 Å². The molecule has 0 saturated carbocycles. The first-order chi connectivity index (χ1) is 7.95. The number of ether oxygens (including phenoxy) is 1. The van der Waals surface area contributed by atoms with Crippen LogP contribution in [0.2, 0.25) is 5.15 Å². The highest BCUT2D eigenvalue weighted by atomic mass is 35.5. The molecule has 5 nitrogen and oxygen atoms in total. The van der Waals surface area contributed by atoms with Crippen molar-refractivity contribution in [3.05, 3.63) is 16.4 Å². The monoisotopic (exact) mass is 260 g/mol. The second kappa shape index (κ2) is 6.35. The number of halogens is 1. The van der Waals surface area contributed by atoms with Crippen molar-refractivity contribution in [2.45, 2.75) is 39.3 Å². The Bertz CT molecular complexity index is 365. The third-order valence-electron chi connectivity index (χ3n) is 2.59. The molecular formula is C11H21ClN4O. The molecule has 1 heterocycles. The zero-order valence-corrected chi connectivity index (χ0v) is 11.6. The molecule has 17 heavy (non-hydrogen) atoms. The van der Waals surface area contributed by atoms with Gasteiger partial charge in [0.25, 0.3) is 0 Å². The van der Waals surface area contributed by atoms with Gasteiger partial charge in [0.05, 0.1) is 18.4 Å². The molecule has 6 heteroatoms. The predicted octanol–water partition coefficient (Wildman–Crippen LogP) is 1.18. The molecule has 1 rings (SSSR count). The van der Waals surface area contributed by atoms with Crippen molar-refractivity contribution < 1.29 is 4.74 Å². The number of hydrazine groups is 1. The Morgan fingerprint density at radius 3 is 2.59 bits per heavy atom. The van der Waals surface area contributed by atoms with Gasteiger partial charge >= 0.3 is 0 Å². The maximum Gasteiger partial charge on any atom is 0.130 e. The van der Waals surface area contributed by atoms with E-state index in [0.717, 1.165) is 11.3 Å². The van der Waals surface area contributed by atoms with Crippen molar-refractivity contribution in [2.24, 2.45) is 12.9 Å². The maximum absolute atomic E-state index is 6.17. The van der Waals surface area contributed by atoms with Gasteiger partial charge in [-0.1, -0.05) is 11.6 Å². The van der Waals surface area contributed by atoms with Gasteiger partial charge in [0.15, 0.2) is 0 Å². The molecule has 0 amide bonds. The van der Waals surface area contributed by atoms with Crippen LogP contribution in [-0.4, -0.2) is 28.5 Å². The summed E-state index contributed by atoms with van der Waals surface area (Å²) in [5, 5.41) is 4.93. The second-order valence-corrected chi connectivity index (χ2v) is 4.79. The van der Waals surface area contributed by atoms with Crippen LogP contribution in [0.4, 0.5) is 0 Å².